The van der Waals surface area contributed by atoms with Crippen LogP contribution in [0.15, 0.2) is 83.6 Å². The molecule has 1 aliphatic rings. The van der Waals surface area contributed by atoms with Gasteiger partial charge in [-0.2, -0.15) is 0 Å². The number of hydrogen-bond donors (Lipinski definition) is 1. The highest BCUT2D eigenvalue weighted by atomic mass is 32.1. The molecular formula is C24H20N2O3S. The summed E-state index contributed by atoms with van der Waals surface area (Å²) in [6.45, 7) is 2.06. The summed E-state index contributed by atoms with van der Waals surface area (Å²) in [5, 5.41) is 12.8. The number of nitrogens with zero attached hydrogens (tertiary/aromatic N) is 2. The third kappa shape index (κ3) is 3.69. The van der Waals surface area contributed by atoms with Gasteiger partial charge in [-0.1, -0.05) is 67.6 Å². The Kier molecular flexibility index (Phi) is 5.59. The second kappa shape index (κ2) is 8.47. The normalized spacial score (nSPS) is 16.6. The van der Waals surface area contributed by atoms with Gasteiger partial charge in [0, 0.05) is 11.6 Å². The zero-order valence-corrected chi connectivity index (χ0v) is 17.2. The maximum Gasteiger partial charge on any atom is 0.296 e. The number of anilines is 1. The largest absolute Gasteiger partial charge is 0.503 e. The molecule has 4 rings (SSSR count). The number of aliphatic hydroxyl groups is 1. The predicted octanol–water partition coefficient (Wildman–Crippen LogP) is 4.89. The van der Waals surface area contributed by atoms with Crippen molar-refractivity contribution in [3.63, 3.8) is 0 Å². The van der Waals surface area contributed by atoms with Crippen molar-refractivity contribution in [1.82, 2.24) is 4.98 Å². The summed E-state index contributed by atoms with van der Waals surface area (Å²) in [7, 11) is 0. The Morgan fingerprint density at radius 3 is 2.53 bits per heavy atom. The van der Waals surface area contributed by atoms with Crippen molar-refractivity contribution < 1.29 is 14.7 Å². The number of benzene rings is 2. The summed E-state index contributed by atoms with van der Waals surface area (Å²) < 4.78 is 0. The molecule has 1 unspecified atom stereocenters. The van der Waals surface area contributed by atoms with Crippen LogP contribution in [0.25, 0.3) is 6.08 Å². The molecule has 0 spiro atoms. The van der Waals surface area contributed by atoms with Crippen LogP contribution in [0.2, 0.25) is 0 Å². The van der Waals surface area contributed by atoms with Crippen LogP contribution in [-0.2, 0) is 16.0 Å². The molecule has 0 aliphatic carbocycles. The molecule has 0 fully saturated rings. The van der Waals surface area contributed by atoms with Crippen molar-refractivity contribution in [3.8, 4) is 0 Å². The van der Waals surface area contributed by atoms with Crippen LogP contribution in [0, 0.1) is 0 Å². The number of aryl methyl sites for hydroxylation is 1. The number of allylic oxidation sites excluding steroid dienone is 1. The lowest BCUT2D eigenvalue weighted by atomic mass is 9.95. The number of carbonyl (C=O) groups excluding carboxylic acids is 2. The Labute approximate surface area is 178 Å². The third-order valence-electron chi connectivity index (χ3n) is 5.03. The average molecular weight is 417 g/mol. The fourth-order valence-corrected chi connectivity index (χ4v) is 4.13. The van der Waals surface area contributed by atoms with Crippen molar-refractivity contribution in [3.05, 3.63) is 100 Å². The van der Waals surface area contributed by atoms with E-state index in [9.17, 15) is 14.7 Å². The number of rotatable bonds is 6. The minimum absolute atomic E-state index is 0.0617. The smallest absolute Gasteiger partial charge is 0.296 e. The topological polar surface area (TPSA) is 70.5 Å². The van der Waals surface area contributed by atoms with Gasteiger partial charge in [0.05, 0.1) is 11.6 Å². The maximum absolute atomic E-state index is 13.1. The van der Waals surface area contributed by atoms with E-state index in [0.717, 1.165) is 23.1 Å². The van der Waals surface area contributed by atoms with Crippen molar-refractivity contribution in [2.24, 2.45) is 0 Å². The number of amides is 1. The third-order valence-corrected chi connectivity index (χ3v) is 5.80. The Hall–Kier alpha value is -3.51. The summed E-state index contributed by atoms with van der Waals surface area (Å²) in [6.07, 6.45) is 5.55. The lowest BCUT2D eigenvalue weighted by Crippen LogP contribution is -2.30. The van der Waals surface area contributed by atoms with Gasteiger partial charge in [-0.3, -0.25) is 14.5 Å². The summed E-state index contributed by atoms with van der Waals surface area (Å²) in [5.74, 6) is -1.56. The monoisotopic (exact) mass is 416 g/mol. The molecule has 150 valence electrons. The molecule has 0 saturated carbocycles. The van der Waals surface area contributed by atoms with E-state index in [4.69, 9.17) is 0 Å². The van der Waals surface area contributed by atoms with Crippen molar-refractivity contribution in [1.29, 1.82) is 0 Å². The molecule has 1 aliphatic heterocycles. The lowest BCUT2D eigenvalue weighted by molar-refractivity contribution is -0.117. The molecule has 6 heteroatoms. The minimum Gasteiger partial charge on any atom is -0.503 e. The van der Waals surface area contributed by atoms with E-state index in [1.165, 1.54) is 22.3 Å². The van der Waals surface area contributed by atoms with Gasteiger partial charge in [0.25, 0.3) is 5.91 Å². The number of hydrogen-bond acceptors (Lipinski definition) is 5. The van der Waals surface area contributed by atoms with Gasteiger partial charge in [0.15, 0.2) is 16.7 Å². The fraction of sp³-hybridized carbons (Fsp3) is 0.125. The van der Waals surface area contributed by atoms with Crippen LogP contribution in [-0.4, -0.2) is 21.8 Å². The molecule has 30 heavy (non-hydrogen) atoms. The van der Waals surface area contributed by atoms with Gasteiger partial charge in [0.2, 0.25) is 0 Å². The predicted molar refractivity (Wildman–Crippen MR) is 118 cm³/mol. The van der Waals surface area contributed by atoms with Gasteiger partial charge in [0.1, 0.15) is 0 Å². The van der Waals surface area contributed by atoms with Gasteiger partial charge < -0.3 is 5.11 Å². The molecule has 3 aromatic rings. The highest BCUT2D eigenvalue weighted by Gasteiger charge is 2.44. The van der Waals surface area contributed by atoms with Gasteiger partial charge >= 0.3 is 0 Å². The number of thiazole rings is 1. The first-order valence-electron chi connectivity index (χ1n) is 9.62. The minimum atomic E-state index is -0.734. The van der Waals surface area contributed by atoms with Crippen LogP contribution < -0.4 is 4.90 Å². The van der Waals surface area contributed by atoms with E-state index >= 15 is 0 Å². The Morgan fingerprint density at radius 1 is 1.17 bits per heavy atom. The van der Waals surface area contributed by atoms with Crippen molar-refractivity contribution >= 4 is 34.2 Å². The summed E-state index contributed by atoms with van der Waals surface area (Å²) in [5.41, 5.74) is 2.81. The SMILES string of the molecule is CCc1ccc(C2C(C(=O)C=Cc3ccccc3)=C(O)C(=O)N2c2nccs2)cc1. The number of aromatic nitrogens is 1. The molecule has 1 N–H and O–H groups in total. The van der Waals surface area contributed by atoms with Crippen LogP contribution in [0.1, 0.15) is 29.7 Å². The van der Waals surface area contributed by atoms with Crippen LogP contribution in [0.4, 0.5) is 5.13 Å². The van der Waals surface area contributed by atoms with Crippen molar-refractivity contribution in [2.45, 2.75) is 19.4 Å². The standard InChI is InChI=1S/C24H20N2O3S/c1-2-16-8-11-18(12-9-16)21-20(19(27)13-10-17-6-4-3-5-7-17)22(28)23(29)26(21)24-25-14-15-30-24/h3-15,21,28H,2H2,1H3. The number of aliphatic hydroxyl groups excluding tert-OH is 1. The second-order valence-corrected chi connectivity index (χ2v) is 7.73. The molecule has 2 aromatic carbocycles. The average Bonchev–Trinajstić information content (AvgIpc) is 3.40. The van der Waals surface area contributed by atoms with Crippen LogP contribution in [0.3, 0.4) is 0 Å². The van der Waals surface area contributed by atoms with Gasteiger partial charge in [-0.05, 0) is 29.2 Å². The first-order valence-corrected chi connectivity index (χ1v) is 10.5. The molecule has 1 amide bonds. The Morgan fingerprint density at radius 2 is 1.90 bits per heavy atom. The fourth-order valence-electron chi connectivity index (χ4n) is 3.47. The van der Waals surface area contributed by atoms with Crippen LogP contribution in [0.5, 0.6) is 0 Å². The highest BCUT2D eigenvalue weighted by Crippen LogP contribution is 2.41. The van der Waals surface area contributed by atoms with E-state index in [-0.39, 0.29) is 5.57 Å². The Balaban J connectivity index is 1.76. The molecule has 1 atom stereocenters. The second-order valence-electron chi connectivity index (χ2n) is 6.86. The maximum atomic E-state index is 13.1. The summed E-state index contributed by atoms with van der Waals surface area (Å²) >= 11 is 1.28. The Bertz CT molecular complexity index is 1120. The summed E-state index contributed by atoms with van der Waals surface area (Å²) in [6, 6.07) is 16.4. The number of ketones is 1. The quantitative estimate of drug-likeness (QED) is 0.581. The molecule has 2 heterocycles. The van der Waals surface area contributed by atoms with Gasteiger partial charge in [-0.25, -0.2) is 4.98 Å². The first kappa shape index (κ1) is 19.8. The lowest BCUT2D eigenvalue weighted by Gasteiger charge is -2.24. The first-order chi connectivity index (χ1) is 14.6. The number of carbonyl (C=O) groups is 2. The summed E-state index contributed by atoms with van der Waals surface area (Å²) in [4.78, 5) is 31.6. The molecular weight excluding hydrogens is 396 g/mol. The van der Waals surface area contributed by atoms with Crippen molar-refractivity contribution in [2.75, 3.05) is 4.90 Å². The van der Waals surface area contributed by atoms with E-state index in [0.29, 0.717) is 5.13 Å². The van der Waals surface area contributed by atoms with E-state index in [1.54, 1.807) is 17.7 Å². The van der Waals surface area contributed by atoms with E-state index in [2.05, 4.69) is 11.9 Å². The molecule has 5 nitrogen and oxygen atoms in total. The molecule has 0 bridgehead atoms. The van der Waals surface area contributed by atoms with E-state index < -0.39 is 23.5 Å². The molecule has 1 aromatic heterocycles. The highest BCUT2D eigenvalue weighted by molar-refractivity contribution is 7.13. The zero-order chi connectivity index (χ0) is 21.1. The van der Waals surface area contributed by atoms with Crippen LogP contribution >= 0.6 is 11.3 Å². The molecule has 0 radical (unpaired) electrons. The molecule has 0 saturated heterocycles. The van der Waals surface area contributed by atoms with E-state index in [1.807, 2.05) is 54.6 Å². The van der Waals surface area contributed by atoms with Gasteiger partial charge in [-0.15, -0.1) is 11.3 Å². The zero-order valence-electron chi connectivity index (χ0n) is 16.4.